The van der Waals surface area contributed by atoms with Crippen LogP contribution in [0.3, 0.4) is 0 Å². The van der Waals surface area contributed by atoms with Crippen molar-refractivity contribution >= 4 is 10.1 Å². The SMILES string of the molecule is CCCCC(CCC(O)CCC)S(=O)(=O)[O-].[Na+]. The van der Waals surface area contributed by atoms with E-state index in [1.54, 1.807) is 0 Å². The van der Waals surface area contributed by atoms with Gasteiger partial charge in [-0.3, -0.25) is 0 Å². The molecule has 98 valence electrons. The summed E-state index contributed by atoms with van der Waals surface area (Å²) in [4.78, 5) is 0. The van der Waals surface area contributed by atoms with Crippen LogP contribution in [0.4, 0.5) is 0 Å². The first-order valence-electron chi connectivity index (χ1n) is 6.04. The molecule has 4 nitrogen and oxygen atoms in total. The monoisotopic (exact) mass is 274 g/mol. The van der Waals surface area contributed by atoms with Gasteiger partial charge in [0.25, 0.3) is 0 Å². The maximum atomic E-state index is 11.0. The standard InChI is InChI=1S/C11H24O4S.Na/c1-3-5-7-11(16(13,14)15)9-8-10(12)6-4-2;/h10-12H,3-9H2,1-2H3,(H,13,14,15);/q;+1/p-1. The maximum absolute atomic E-state index is 11.0. The molecule has 0 fully saturated rings. The van der Waals surface area contributed by atoms with Crippen LogP contribution in [0.25, 0.3) is 0 Å². The smallest absolute Gasteiger partial charge is 0.748 e. The summed E-state index contributed by atoms with van der Waals surface area (Å²) in [7, 11) is -4.21. The van der Waals surface area contributed by atoms with E-state index in [1.165, 1.54) is 0 Å². The molecule has 0 bridgehead atoms. The predicted octanol–water partition coefficient (Wildman–Crippen LogP) is -0.964. The van der Waals surface area contributed by atoms with Crippen LogP contribution in [0.5, 0.6) is 0 Å². The molecule has 6 heteroatoms. The number of rotatable bonds is 9. The van der Waals surface area contributed by atoms with Crippen LogP contribution >= 0.6 is 0 Å². The number of hydrogen-bond donors (Lipinski definition) is 1. The van der Waals surface area contributed by atoms with E-state index in [-0.39, 0.29) is 36.0 Å². The fourth-order valence-electron chi connectivity index (χ4n) is 1.72. The molecule has 0 aliphatic carbocycles. The average molecular weight is 274 g/mol. The fourth-order valence-corrected chi connectivity index (χ4v) is 2.60. The van der Waals surface area contributed by atoms with Crippen molar-refractivity contribution in [2.75, 3.05) is 0 Å². The van der Waals surface area contributed by atoms with Gasteiger partial charge in [-0.05, 0) is 25.7 Å². The zero-order chi connectivity index (χ0) is 12.6. The normalized spacial score (nSPS) is 15.1. The van der Waals surface area contributed by atoms with Crippen LogP contribution in [0.15, 0.2) is 0 Å². The Morgan fingerprint density at radius 3 is 2.06 bits per heavy atom. The number of aliphatic hydroxyl groups is 1. The average Bonchev–Trinajstić information content (AvgIpc) is 2.16. The molecule has 2 atom stereocenters. The molecule has 0 saturated carbocycles. The number of unbranched alkanes of at least 4 members (excludes halogenated alkanes) is 1. The third-order valence-corrected chi connectivity index (χ3v) is 4.02. The van der Waals surface area contributed by atoms with Gasteiger partial charge >= 0.3 is 29.6 Å². The molecule has 0 aliphatic heterocycles. The van der Waals surface area contributed by atoms with Gasteiger partial charge < -0.3 is 9.66 Å². The first kappa shape index (κ1) is 20.2. The van der Waals surface area contributed by atoms with E-state index < -0.39 is 21.5 Å². The van der Waals surface area contributed by atoms with Crippen LogP contribution in [0.2, 0.25) is 0 Å². The Kier molecular flexibility index (Phi) is 12.8. The van der Waals surface area contributed by atoms with Crippen molar-refractivity contribution in [3.8, 4) is 0 Å². The molecule has 0 aliphatic rings. The van der Waals surface area contributed by atoms with E-state index in [1.807, 2.05) is 13.8 Å². The molecule has 0 aromatic rings. The Balaban J connectivity index is 0. The van der Waals surface area contributed by atoms with E-state index in [0.29, 0.717) is 19.3 Å². The molecule has 0 spiro atoms. The van der Waals surface area contributed by atoms with Crippen molar-refractivity contribution in [1.29, 1.82) is 0 Å². The van der Waals surface area contributed by atoms with Crippen molar-refractivity contribution in [2.45, 2.75) is 70.1 Å². The summed E-state index contributed by atoms with van der Waals surface area (Å²) in [6.45, 7) is 3.92. The second-order valence-electron chi connectivity index (χ2n) is 4.28. The van der Waals surface area contributed by atoms with Gasteiger partial charge in [0.2, 0.25) is 0 Å². The molecule has 1 N–H and O–H groups in total. The molecule has 0 aromatic heterocycles. The Bertz CT molecular complexity index is 267. The maximum Gasteiger partial charge on any atom is 1.00 e. The molecule has 0 saturated heterocycles. The topological polar surface area (TPSA) is 77.4 Å². The summed E-state index contributed by atoms with van der Waals surface area (Å²) < 4.78 is 32.9. The summed E-state index contributed by atoms with van der Waals surface area (Å²) in [6.07, 6.45) is 3.79. The molecule has 0 heterocycles. The molecule has 0 radical (unpaired) electrons. The molecule has 0 aromatic carbocycles. The van der Waals surface area contributed by atoms with E-state index >= 15 is 0 Å². The van der Waals surface area contributed by atoms with Crippen molar-refractivity contribution in [3.05, 3.63) is 0 Å². The predicted molar refractivity (Wildman–Crippen MR) is 63.2 cm³/mol. The van der Waals surface area contributed by atoms with Crippen LogP contribution in [0.1, 0.15) is 58.8 Å². The molecule has 2 unspecified atom stereocenters. The van der Waals surface area contributed by atoms with Gasteiger partial charge in [0.15, 0.2) is 0 Å². The summed E-state index contributed by atoms with van der Waals surface area (Å²) in [5.41, 5.74) is 0. The quantitative estimate of drug-likeness (QED) is 0.434. The van der Waals surface area contributed by atoms with Crippen molar-refractivity contribution in [2.24, 2.45) is 0 Å². The second kappa shape index (κ2) is 10.8. The van der Waals surface area contributed by atoms with Gasteiger partial charge in [0, 0.05) is 5.25 Å². The van der Waals surface area contributed by atoms with Crippen LogP contribution in [0, 0.1) is 0 Å². The zero-order valence-electron chi connectivity index (χ0n) is 11.2. The second-order valence-corrected chi connectivity index (χ2v) is 5.93. The summed E-state index contributed by atoms with van der Waals surface area (Å²) in [6, 6.07) is 0. The summed E-state index contributed by atoms with van der Waals surface area (Å²) >= 11 is 0. The minimum atomic E-state index is -4.21. The molecule has 17 heavy (non-hydrogen) atoms. The minimum Gasteiger partial charge on any atom is -0.748 e. The molecular formula is C11H23NaO4S. The minimum absolute atomic E-state index is 0. The molecule has 0 amide bonds. The summed E-state index contributed by atoms with van der Waals surface area (Å²) in [5, 5.41) is 8.67. The van der Waals surface area contributed by atoms with Crippen molar-refractivity contribution in [1.82, 2.24) is 0 Å². The first-order chi connectivity index (χ1) is 7.41. The van der Waals surface area contributed by atoms with Crippen LogP contribution in [-0.2, 0) is 10.1 Å². The van der Waals surface area contributed by atoms with Gasteiger partial charge in [0.1, 0.15) is 0 Å². The van der Waals surface area contributed by atoms with Crippen molar-refractivity contribution < 1.29 is 47.6 Å². The van der Waals surface area contributed by atoms with Gasteiger partial charge in [-0.25, -0.2) is 8.42 Å². The Morgan fingerprint density at radius 1 is 1.06 bits per heavy atom. The zero-order valence-corrected chi connectivity index (χ0v) is 14.0. The van der Waals surface area contributed by atoms with E-state index in [9.17, 15) is 18.1 Å². The Hall–Kier alpha value is 0.870. The van der Waals surface area contributed by atoms with Crippen LogP contribution in [-0.4, -0.2) is 29.4 Å². The molecular weight excluding hydrogens is 251 g/mol. The Labute approximate surface area is 127 Å². The largest absolute Gasteiger partial charge is 1.00 e. The number of hydrogen-bond acceptors (Lipinski definition) is 4. The third kappa shape index (κ3) is 10.5. The van der Waals surface area contributed by atoms with E-state index in [4.69, 9.17) is 0 Å². The third-order valence-electron chi connectivity index (χ3n) is 2.73. The van der Waals surface area contributed by atoms with Gasteiger partial charge in [-0.15, -0.1) is 0 Å². The van der Waals surface area contributed by atoms with Gasteiger partial charge in [0.05, 0.1) is 16.2 Å². The van der Waals surface area contributed by atoms with Crippen molar-refractivity contribution in [3.63, 3.8) is 0 Å². The fraction of sp³-hybridized carbons (Fsp3) is 1.00. The van der Waals surface area contributed by atoms with Gasteiger partial charge in [-0.1, -0.05) is 33.1 Å². The summed E-state index contributed by atoms with van der Waals surface area (Å²) in [5.74, 6) is 0. The first-order valence-corrected chi connectivity index (χ1v) is 7.51. The van der Waals surface area contributed by atoms with E-state index in [2.05, 4.69) is 0 Å². The van der Waals surface area contributed by atoms with E-state index in [0.717, 1.165) is 19.3 Å². The van der Waals surface area contributed by atoms with Gasteiger partial charge in [-0.2, -0.15) is 0 Å². The Morgan fingerprint density at radius 2 is 1.65 bits per heavy atom. The van der Waals surface area contributed by atoms with Crippen LogP contribution < -0.4 is 29.6 Å². The molecule has 0 rings (SSSR count). The number of aliphatic hydroxyl groups excluding tert-OH is 1.